The number of carbonyl (C=O) groups excluding carboxylic acids is 4. The minimum Gasteiger partial charge on any atom is -0.465 e. The Bertz CT molecular complexity index is 699. The molecular formula is C20H28N2O7. The topological polar surface area (TPSA) is 111 Å². The van der Waals surface area contributed by atoms with Crippen molar-refractivity contribution in [2.45, 2.75) is 39.7 Å². The summed E-state index contributed by atoms with van der Waals surface area (Å²) in [4.78, 5) is 48.8. The van der Waals surface area contributed by atoms with Gasteiger partial charge in [-0.25, -0.2) is 4.79 Å². The van der Waals surface area contributed by atoms with Gasteiger partial charge < -0.3 is 19.5 Å². The van der Waals surface area contributed by atoms with Crippen LogP contribution in [0.25, 0.3) is 0 Å². The average Bonchev–Trinajstić information content (AvgIpc) is 2.63. The van der Waals surface area contributed by atoms with Crippen LogP contribution in [0.15, 0.2) is 30.3 Å². The van der Waals surface area contributed by atoms with E-state index in [9.17, 15) is 19.2 Å². The Morgan fingerprint density at radius 1 is 1.00 bits per heavy atom. The van der Waals surface area contributed by atoms with E-state index < -0.39 is 36.1 Å². The predicted octanol–water partition coefficient (Wildman–Crippen LogP) is 2.04. The maximum atomic E-state index is 12.5. The second kappa shape index (κ2) is 11.7. The summed E-state index contributed by atoms with van der Waals surface area (Å²) < 4.78 is 14.9. The van der Waals surface area contributed by atoms with Crippen LogP contribution < -0.4 is 10.2 Å². The molecule has 9 nitrogen and oxygen atoms in total. The highest BCUT2D eigenvalue weighted by atomic mass is 16.6. The first-order valence-corrected chi connectivity index (χ1v) is 9.26. The highest BCUT2D eigenvalue weighted by molar-refractivity contribution is 5.99. The van der Waals surface area contributed by atoms with E-state index in [-0.39, 0.29) is 26.1 Å². The lowest BCUT2D eigenvalue weighted by Crippen LogP contribution is -2.39. The number of nitrogens with one attached hydrogen (secondary N) is 1. The largest absolute Gasteiger partial charge is 0.465 e. The van der Waals surface area contributed by atoms with E-state index in [1.165, 1.54) is 4.90 Å². The average molecular weight is 408 g/mol. The fourth-order valence-electron chi connectivity index (χ4n) is 2.14. The lowest BCUT2D eigenvalue weighted by molar-refractivity contribution is -0.148. The summed E-state index contributed by atoms with van der Waals surface area (Å²) >= 11 is 0. The predicted molar refractivity (Wildman–Crippen MR) is 105 cm³/mol. The molecule has 1 aromatic rings. The van der Waals surface area contributed by atoms with Crippen LogP contribution in [0.3, 0.4) is 0 Å². The molecule has 1 rings (SSSR count). The van der Waals surface area contributed by atoms with E-state index in [4.69, 9.17) is 14.2 Å². The normalized spacial score (nSPS) is 10.6. The lowest BCUT2D eigenvalue weighted by Gasteiger charge is -2.21. The van der Waals surface area contributed by atoms with Gasteiger partial charge in [0.15, 0.2) is 6.61 Å². The highest BCUT2D eigenvalue weighted by Crippen LogP contribution is 2.14. The number of rotatable bonds is 9. The molecule has 0 bridgehead atoms. The van der Waals surface area contributed by atoms with Crippen molar-refractivity contribution >= 4 is 29.6 Å². The van der Waals surface area contributed by atoms with Crippen molar-refractivity contribution in [2.75, 3.05) is 31.2 Å². The fraction of sp³-hybridized carbons (Fsp3) is 0.500. The van der Waals surface area contributed by atoms with Crippen LogP contribution in [0, 0.1) is 0 Å². The Hall–Kier alpha value is -3.10. The maximum absolute atomic E-state index is 12.5. The molecule has 0 spiro atoms. The van der Waals surface area contributed by atoms with Crippen LogP contribution in [0.1, 0.15) is 34.1 Å². The number of para-hydroxylation sites is 1. The van der Waals surface area contributed by atoms with E-state index in [1.807, 2.05) is 0 Å². The van der Waals surface area contributed by atoms with Gasteiger partial charge in [0.2, 0.25) is 0 Å². The van der Waals surface area contributed by atoms with Gasteiger partial charge in [0, 0.05) is 12.2 Å². The van der Waals surface area contributed by atoms with Crippen molar-refractivity contribution < 1.29 is 33.4 Å². The molecule has 0 atom stereocenters. The molecule has 0 fully saturated rings. The van der Waals surface area contributed by atoms with Gasteiger partial charge in [-0.3, -0.25) is 19.3 Å². The molecule has 9 heteroatoms. The van der Waals surface area contributed by atoms with Gasteiger partial charge in [0.25, 0.3) is 5.91 Å². The molecule has 0 aliphatic carbocycles. The first kappa shape index (κ1) is 23.9. The smallest absolute Gasteiger partial charge is 0.407 e. The zero-order valence-electron chi connectivity index (χ0n) is 17.2. The van der Waals surface area contributed by atoms with Crippen LogP contribution in [0.2, 0.25) is 0 Å². The lowest BCUT2D eigenvalue weighted by atomic mass is 10.2. The molecule has 160 valence electrons. The third-order valence-corrected chi connectivity index (χ3v) is 3.32. The summed E-state index contributed by atoms with van der Waals surface area (Å²) in [6, 6.07) is 8.52. The number of alkyl carbamates (subject to hydrolysis) is 1. The molecule has 29 heavy (non-hydrogen) atoms. The van der Waals surface area contributed by atoms with E-state index >= 15 is 0 Å². The minimum atomic E-state index is -0.668. The van der Waals surface area contributed by atoms with Crippen molar-refractivity contribution in [3.05, 3.63) is 30.3 Å². The number of hydrogen-bond donors (Lipinski definition) is 1. The molecule has 0 heterocycles. The molecular weight excluding hydrogens is 380 g/mol. The SMILES string of the molecule is CCOC(=O)CN(C(=O)COC(=O)CCNC(=O)OC(C)(C)C)c1ccccc1. The highest BCUT2D eigenvalue weighted by Gasteiger charge is 2.21. The van der Waals surface area contributed by atoms with Crippen molar-refractivity contribution in [2.24, 2.45) is 0 Å². The monoisotopic (exact) mass is 408 g/mol. The maximum Gasteiger partial charge on any atom is 0.407 e. The number of hydrogen-bond acceptors (Lipinski definition) is 7. The molecule has 2 amide bonds. The van der Waals surface area contributed by atoms with Crippen LogP contribution in [-0.4, -0.2) is 55.8 Å². The zero-order chi connectivity index (χ0) is 21.9. The summed E-state index contributed by atoms with van der Waals surface area (Å²) in [5, 5.41) is 2.43. The number of esters is 2. The van der Waals surface area contributed by atoms with Crippen LogP contribution in [0.4, 0.5) is 10.5 Å². The zero-order valence-corrected chi connectivity index (χ0v) is 17.2. The Labute approximate surface area is 170 Å². The Kier molecular flexibility index (Phi) is 9.64. The summed E-state index contributed by atoms with van der Waals surface area (Å²) in [5.74, 6) is -1.81. The van der Waals surface area contributed by atoms with Crippen molar-refractivity contribution in [3.8, 4) is 0 Å². The fourth-order valence-corrected chi connectivity index (χ4v) is 2.14. The third kappa shape index (κ3) is 10.1. The first-order valence-electron chi connectivity index (χ1n) is 9.26. The van der Waals surface area contributed by atoms with Gasteiger partial charge >= 0.3 is 18.0 Å². The molecule has 0 unspecified atom stereocenters. The molecule has 0 aliphatic rings. The van der Waals surface area contributed by atoms with Gasteiger partial charge in [0.1, 0.15) is 12.1 Å². The minimum absolute atomic E-state index is 0.00711. The van der Waals surface area contributed by atoms with Crippen LogP contribution in [0.5, 0.6) is 0 Å². The van der Waals surface area contributed by atoms with Gasteiger partial charge in [-0.1, -0.05) is 18.2 Å². The van der Waals surface area contributed by atoms with Gasteiger partial charge in [-0.05, 0) is 39.8 Å². The van der Waals surface area contributed by atoms with E-state index in [1.54, 1.807) is 58.0 Å². The van der Waals surface area contributed by atoms with Gasteiger partial charge in [0.05, 0.1) is 13.0 Å². The molecule has 1 N–H and O–H groups in total. The van der Waals surface area contributed by atoms with Gasteiger partial charge in [-0.2, -0.15) is 0 Å². The Morgan fingerprint density at radius 2 is 1.66 bits per heavy atom. The van der Waals surface area contributed by atoms with E-state index in [0.717, 1.165) is 0 Å². The molecule has 0 saturated carbocycles. The Balaban J connectivity index is 2.52. The molecule has 0 saturated heterocycles. The summed E-state index contributed by atoms with van der Waals surface area (Å²) in [7, 11) is 0. The second-order valence-corrected chi connectivity index (χ2v) is 6.96. The number of nitrogens with zero attached hydrogens (tertiary/aromatic N) is 1. The Morgan fingerprint density at radius 3 is 2.24 bits per heavy atom. The third-order valence-electron chi connectivity index (χ3n) is 3.32. The van der Waals surface area contributed by atoms with Crippen LogP contribution in [-0.2, 0) is 28.6 Å². The standard InChI is InChI=1S/C20H28N2O7/c1-5-27-18(25)13-22(15-9-7-6-8-10-15)16(23)14-28-17(24)11-12-21-19(26)29-20(2,3)4/h6-10H,5,11-14H2,1-4H3,(H,21,26). The van der Waals surface area contributed by atoms with Gasteiger partial charge in [-0.15, -0.1) is 0 Å². The number of anilines is 1. The molecule has 1 aromatic carbocycles. The van der Waals surface area contributed by atoms with E-state index in [2.05, 4.69) is 5.32 Å². The number of benzene rings is 1. The number of ether oxygens (including phenoxy) is 3. The summed E-state index contributed by atoms with van der Waals surface area (Å²) in [6.45, 7) is 6.19. The molecule has 0 aromatic heterocycles. The van der Waals surface area contributed by atoms with Crippen molar-refractivity contribution in [1.82, 2.24) is 5.32 Å². The van der Waals surface area contributed by atoms with Crippen molar-refractivity contribution in [3.63, 3.8) is 0 Å². The summed E-state index contributed by atoms with van der Waals surface area (Å²) in [5.41, 5.74) is -0.162. The number of amides is 2. The van der Waals surface area contributed by atoms with Crippen molar-refractivity contribution in [1.29, 1.82) is 0 Å². The number of carbonyl (C=O) groups is 4. The quantitative estimate of drug-likeness (QED) is 0.492. The first-order chi connectivity index (χ1) is 13.6. The molecule has 0 aliphatic heterocycles. The van der Waals surface area contributed by atoms with E-state index in [0.29, 0.717) is 5.69 Å². The van der Waals surface area contributed by atoms with Crippen LogP contribution >= 0.6 is 0 Å². The molecule has 0 radical (unpaired) electrons. The summed E-state index contributed by atoms with van der Waals surface area (Å²) in [6.07, 6.45) is -0.776. The second-order valence-electron chi connectivity index (χ2n) is 6.96.